The van der Waals surface area contributed by atoms with Crippen LogP contribution in [0.5, 0.6) is 5.75 Å². The number of methoxy groups -OCH3 is 1. The lowest BCUT2D eigenvalue weighted by atomic mass is 10.1. The van der Waals surface area contributed by atoms with Crippen molar-refractivity contribution < 1.29 is 18.7 Å². The normalized spacial score (nSPS) is 13.0. The van der Waals surface area contributed by atoms with Gasteiger partial charge in [0.1, 0.15) is 18.1 Å². The Bertz CT molecular complexity index is 1110. The number of benzene rings is 2. The average Bonchev–Trinajstić information content (AvgIpc) is 3.57. The second kappa shape index (κ2) is 9.21. The van der Waals surface area contributed by atoms with Gasteiger partial charge in [0.25, 0.3) is 0 Å². The van der Waals surface area contributed by atoms with E-state index in [-0.39, 0.29) is 30.2 Å². The van der Waals surface area contributed by atoms with Gasteiger partial charge in [0, 0.05) is 29.9 Å². The highest BCUT2D eigenvalue weighted by Crippen LogP contribution is 2.28. The Morgan fingerprint density at radius 3 is 2.44 bits per heavy atom. The van der Waals surface area contributed by atoms with Gasteiger partial charge in [-0.1, -0.05) is 6.92 Å². The molecule has 1 aliphatic rings. The van der Waals surface area contributed by atoms with Crippen LogP contribution >= 0.6 is 0 Å². The van der Waals surface area contributed by atoms with E-state index in [1.165, 1.54) is 12.1 Å². The highest BCUT2D eigenvalue weighted by atomic mass is 19.1. The second-order valence-electron chi connectivity index (χ2n) is 7.68. The van der Waals surface area contributed by atoms with Gasteiger partial charge in [0.05, 0.1) is 12.8 Å². The molecule has 1 aromatic heterocycles. The van der Waals surface area contributed by atoms with Gasteiger partial charge in [0.15, 0.2) is 0 Å². The topological polar surface area (TPSA) is 76.5 Å². The third-order valence-electron chi connectivity index (χ3n) is 5.37. The third kappa shape index (κ3) is 4.80. The minimum Gasteiger partial charge on any atom is -0.497 e. The Kier molecular flexibility index (Phi) is 6.20. The van der Waals surface area contributed by atoms with E-state index >= 15 is 0 Å². The highest BCUT2D eigenvalue weighted by molar-refractivity contribution is 5.94. The smallest absolute Gasteiger partial charge is 0.246 e. The van der Waals surface area contributed by atoms with E-state index in [9.17, 15) is 14.0 Å². The summed E-state index contributed by atoms with van der Waals surface area (Å²) in [7, 11) is 1.60. The van der Waals surface area contributed by atoms with Crippen molar-refractivity contribution in [3.05, 3.63) is 60.5 Å². The van der Waals surface area contributed by atoms with E-state index in [0.717, 1.165) is 24.2 Å². The first-order valence-electron chi connectivity index (χ1n) is 10.6. The van der Waals surface area contributed by atoms with E-state index in [1.54, 1.807) is 41.8 Å². The monoisotopic (exact) mass is 436 g/mol. The highest BCUT2D eigenvalue weighted by Gasteiger charge is 2.33. The van der Waals surface area contributed by atoms with Crippen LogP contribution in [0, 0.1) is 5.82 Å². The number of carbonyl (C=O) groups excluding carboxylic acids is 2. The predicted molar refractivity (Wildman–Crippen MR) is 119 cm³/mol. The molecule has 0 radical (unpaired) electrons. The van der Waals surface area contributed by atoms with Gasteiger partial charge in [-0.2, -0.15) is 0 Å². The van der Waals surface area contributed by atoms with Crippen LogP contribution in [-0.2, 0) is 9.59 Å². The van der Waals surface area contributed by atoms with Crippen molar-refractivity contribution in [2.75, 3.05) is 19.0 Å². The summed E-state index contributed by atoms with van der Waals surface area (Å²) < 4.78 is 20.3. The number of ether oxygens (including phenoxy) is 1. The first-order valence-corrected chi connectivity index (χ1v) is 10.6. The first-order chi connectivity index (χ1) is 15.5. The summed E-state index contributed by atoms with van der Waals surface area (Å²) in [5, 5.41) is 2.83. The average molecular weight is 436 g/mol. The maximum absolute atomic E-state index is 13.4. The summed E-state index contributed by atoms with van der Waals surface area (Å²) >= 11 is 0. The van der Waals surface area contributed by atoms with Crippen LogP contribution in [0.2, 0.25) is 0 Å². The molecule has 0 saturated heterocycles. The molecular formula is C24H25FN4O3. The van der Waals surface area contributed by atoms with E-state index in [2.05, 4.69) is 10.3 Å². The van der Waals surface area contributed by atoms with Crippen molar-refractivity contribution in [1.29, 1.82) is 0 Å². The number of anilines is 1. The minimum absolute atomic E-state index is 0.0223. The molecule has 0 unspecified atom stereocenters. The van der Waals surface area contributed by atoms with Crippen LogP contribution in [0.15, 0.2) is 54.7 Å². The molecule has 1 heterocycles. The molecule has 1 N–H and O–H groups in total. The number of hydrogen-bond acceptors (Lipinski definition) is 4. The fourth-order valence-electron chi connectivity index (χ4n) is 3.50. The molecule has 32 heavy (non-hydrogen) atoms. The molecule has 0 aliphatic heterocycles. The van der Waals surface area contributed by atoms with Gasteiger partial charge in [-0.25, -0.2) is 9.37 Å². The number of carbonyl (C=O) groups is 2. The SMILES string of the molecule is CCC(=O)N(CC(=O)Nc1nc(-c2ccc(OC)cc2)cn1-c1ccc(F)cc1)C1CC1. The molecule has 166 valence electrons. The standard InChI is InChI=1S/C24H25FN4O3/c1-3-23(31)28(18-10-11-18)15-22(30)27-24-26-21(16-4-12-20(32-2)13-5-16)14-29(24)19-8-6-17(25)7-9-19/h4-9,12-14,18H,3,10-11,15H2,1-2H3,(H,26,27,30). The van der Waals surface area contributed by atoms with Crippen molar-refractivity contribution in [2.45, 2.75) is 32.2 Å². The number of hydrogen-bond donors (Lipinski definition) is 1. The fourth-order valence-corrected chi connectivity index (χ4v) is 3.50. The van der Waals surface area contributed by atoms with Crippen LogP contribution in [0.25, 0.3) is 16.9 Å². The molecule has 0 atom stereocenters. The summed E-state index contributed by atoms with van der Waals surface area (Å²) in [6.07, 6.45) is 3.98. The first kappa shape index (κ1) is 21.5. The molecule has 1 fully saturated rings. The fraction of sp³-hybridized carbons (Fsp3) is 0.292. The van der Waals surface area contributed by atoms with E-state index in [0.29, 0.717) is 23.8 Å². The number of amides is 2. The summed E-state index contributed by atoms with van der Waals surface area (Å²) in [6.45, 7) is 1.77. The number of imidazole rings is 1. The Balaban J connectivity index is 1.62. The zero-order valence-electron chi connectivity index (χ0n) is 18.0. The van der Waals surface area contributed by atoms with Crippen molar-refractivity contribution in [3.63, 3.8) is 0 Å². The van der Waals surface area contributed by atoms with Crippen molar-refractivity contribution in [3.8, 4) is 22.7 Å². The lowest BCUT2D eigenvalue weighted by Gasteiger charge is -2.21. The molecule has 0 bridgehead atoms. The Hall–Kier alpha value is -3.68. The predicted octanol–water partition coefficient (Wildman–Crippen LogP) is 4.03. The molecule has 1 saturated carbocycles. The van der Waals surface area contributed by atoms with Crippen LogP contribution < -0.4 is 10.1 Å². The third-order valence-corrected chi connectivity index (χ3v) is 5.37. The molecular weight excluding hydrogens is 411 g/mol. The summed E-state index contributed by atoms with van der Waals surface area (Å²) in [4.78, 5) is 31.3. The van der Waals surface area contributed by atoms with E-state index < -0.39 is 0 Å². The largest absolute Gasteiger partial charge is 0.497 e. The molecule has 0 spiro atoms. The maximum Gasteiger partial charge on any atom is 0.246 e. The van der Waals surface area contributed by atoms with Gasteiger partial charge < -0.3 is 9.64 Å². The summed E-state index contributed by atoms with van der Waals surface area (Å²) in [6, 6.07) is 13.5. The number of halogens is 1. The maximum atomic E-state index is 13.4. The van der Waals surface area contributed by atoms with Gasteiger partial charge in [-0.05, 0) is 61.4 Å². The molecule has 8 heteroatoms. The van der Waals surface area contributed by atoms with Gasteiger partial charge in [-0.3, -0.25) is 19.5 Å². The molecule has 3 aromatic rings. The lowest BCUT2D eigenvalue weighted by Crippen LogP contribution is -2.39. The molecule has 1 aliphatic carbocycles. The lowest BCUT2D eigenvalue weighted by molar-refractivity contribution is -0.135. The van der Waals surface area contributed by atoms with Gasteiger partial charge in [-0.15, -0.1) is 0 Å². The summed E-state index contributed by atoms with van der Waals surface area (Å²) in [5.41, 5.74) is 2.12. The molecule has 2 aromatic carbocycles. The zero-order valence-corrected chi connectivity index (χ0v) is 18.0. The summed E-state index contributed by atoms with van der Waals surface area (Å²) in [5.74, 6) is 0.304. The quantitative estimate of drug-likeness (QED) is 0.579. The second-order valence-corrected chi connectivity index (χ2v) is 7.68. The van der Waals surface area contributed by atoms with Gasteiger partial charge in [0.2, 0.25) is 17.8 Å². The Morgan fingerprint density at radius 1 is 1.16 bits per heavy atom. The van der Waals surface area contributed by atoms with E-state index in [1.807, 2.05) is 24.3 Å². The van der Waals surface area contributed by atoms with Crippen molar-refractivity contribution in [1.82, 2.24) is 14.5 Å². The minimum atomic E-state index is -0.354. The van der Waals surface area contributed by atoms with Crippen LogP contribution in [0.4, 0.5) is 10.3 Å². The van der Waals surface area contributed by atoms with Crippen LogP contribution in [0.1, 0.15) is 26.2 Å². The molecule has 2 amide bonds. The molecule has 4 rings (SSSR count). The number of rotatable bonds is 8. The number of nitrogens with zero attached hydrogens (tertiary/aromatic N) is 3. The van der Waals surface area contributed by atoms with Gasteiger partial charge >= 0.3 is 0 Å². The molecule has 7 nitrogen and oxygen atoms in total. The Morgan fingerprint density at radius 2 is 1.84 bits per heavy atom. The number of aromatic nitrogens is 2. The Labute approximate surface area is 185 Å². The van der Waals surface area contributed by atoms with Crippen LogP contribution in [0.3, 0.4) is 0 Å². The van der Waals surface area contributed by atoms with Crippen LogP contribution in [-0.4, -0.2) is 46.0 Å². The zero-order chi connectivity index (χ0) is 22.7. The van der Waals surface area contributed by atoms with E-state index in [4.69, 9.17) is 4.74 Å². The number of nitrogens with one attached hydrogen (secondary N) is 1. The van der Waals surface area contributed by atoms with Crippen molar-refractivity contribution in [2.24, 2.45) is 0 Å². The van der Waals surface area contributed by atoms with Crippen molar-refractivity contribution >= 4 is 17.8 Å².